The molecule has 0 aromatic carbocycles. The highest BCUT2D eigenvalue weighted by atomic mass is 35.5. The van der Waals surface area contributed by atoms with Crippen LogP contribution in [-0.4, -0.2) is 16.1 Å². The minimum absolute atomic E-state index is 0.110. The van der Waals surface area contributed by atoms with E-state index < -0.39 is 5.97 Å². The number of rotatable bonds is 1. The maximum atomic E-state index is 10.5. The summed E-state index contributed by atoms with van der Waals surface area (Å²) in [5, 5.41) is 16.9. The molecule has 0 bridgehead atoms. The second-order valence-corrected chi connectivity index (χ2v) is 2.34. The highest BCUT2D eigenvalue weighted by molar-refractivity contribution is 6.32. The third kappa shape index (κ3) is 1.52. The highest BCUT2D eigenvalue weighted by Crippen LogP contribution is 2.13. The number of carboxylic acids is 1. The van der Waals surface area contributed by atoms with Gasteiger partial charge in [-0.1, -0.05) is 11.6 Å². The van der Waals surface area contributed by atoms with Crippen molar-refractivity contribution in [2.75, 3.05) is 0 Å². The molecule has 0 amide bonds. The van der Waals surface area contributed by atoms with E-state index in [1.807, 2.05) is 0 Å². The van der Waals surface area contributed by atoms with Gasteiger partial charge in [0, 0.05) is 6.20 Å². The molecule has 1 aromatic heterocycles. The summed E-state index contributed by atoms with van der Waals surface area (Å²) in [6.07, 6.45) is 1.22. The zero-order valence-corrected chi connectivity index (χ0v) is 6.54. The fraction of sp³-hybridized carbons (Fsp3) is 0. The molecular formula is C7H3ClN2O2. The molecule has 60 valence electrons. The summed E-state index contributed by atoms with van der Waals surface area (Å²) < 4.78 is 0. The smallest absolute Gasteiger partial charge is 0.338 e. The molecule has 0 saturated heterocycles. The average molecular weight is 183 g/mol. The van der Waals surface area contributed by atoms with Gasteiger partial charge in [-0.3, -0.25) is 0 Å². The lowest BCUT2D eigenvalue weighted by molar-refractivity contribution is 0.0696. The largest absolute Gasteiger partial charge is 0.478 e. The normalized spacial score (nSPS) is 9.00. The molecular weight excluding hydrogens is 180 g/mol. The summed E-state index contributed by atoms with van der Waals surface area (Å²) >= 11 is 5.45. The van der Waals surface area contributed by atoms with Gasteiger partial charge in [-0.15, -0.1) is 0 Å². The van der Waals surface area contributed by atoms with Gasteiger partial charge in [-0.2, -0.15) is 5.26 Å². The molecule has 0 radical (unpaired) electrons. The lowest BCUT2D eigenvalue weighted by Gasteiger charge is -1.96. The monoisotopic (exact) mass is 182 g/mol. The van der Waals surface area contributed by atoms with E-state index in [-0.39, 0.29) is 16.3 Å². The van der Waals surface area contributed by atoms with E-state index in [9.17, 15) is 4.79 Å². The van der Waals surface area contributed by atoms with Crippen molar-refractivity contribution in [3.05, 3.63) is 28.5 Å². The quantitative estimate of drug-likeness (QED) is 0.665. The van der Waals surface area contributed by atoms with Gasteiger partial charge in [0.15, 0.2) is 0 Å². The Balaban J connectivity index is 3.28. The van der Waals surface area contributed by atoms with Crippen LogP contribution >= 0.6 is 11.6 Å². The highest BCUT2D eigenvalue weighted by Gasteiger charge is 2.09. The van der Waals surface area contributed by atoms with Crippen LogP contribution in [0.2, 0.25) is 5.15 Å². The van der Waals surface area contributed by atoms with Crippen LogP contribution in [0.25, 0.3) is 0 Å². The van der Waals surface area contributed by atoms with E-state index in [0.717, 1.165) is 0 Å². The van der Waals surface area contributed by atoms with Crippen LogP contribution in [0.15, 0.2) is 12.3 Å². The van der Waals surface area contributed by atoms with Gasteiger partial charge in [-0.25, -0.2) is 9.78 Å². The van der Waals surface area contributed by atoms with Crippen molar-refractivity contribution in [2.24, 2.45) is 0 Å². The van der Waals surface area contributed by atoms with Gasteiger partial charge in [-0.05, 0) is 6.07 Å². The second kappa shape index (κ2) is 3.20. The Kier molecular flexibility index (Phi) is 2.26. The first-order valence-electron chi connectivity index (χ1n) is 2.94. The van der Waals surface area contributed by atoms with E-state index >= 15 is 0 Å². The summed E-state index contributed by atoms with van der Waals surface area (Å²) in [5.41, 5.74) is 0.0208. The van der Waals surface area contributed by atoms with Crippen LogP contribution in [0, 0.1) is 11.3 Å². The Hall–Kier alpha value is -1.60. The number of nitrogens with zero attached hydrogens (tertiary/aromatic N) is 2. The number of pyridine rings is 1. The number of nitriles is 1. The van der Waals surface area contributed by atoms with Crippen LogP contribution in [0.4, 0.5) is 0 Å². The number of carbonyl (C=O) groups is 1. The number of carboxylic acid groups (broad SMARTS) is 1. The molecule has 1 rings (SSSR count). The van der Waals surface area contributed by atoms with Crippen molar-refractivity contribution >= 4 is 17.6 Å². The first-order valence-corrected chi connectivity index (χ1v) is 3.32. The van der Waals surface area contributed by atoms with Crippen molar-refractivity contribution < 1.29 is 9.90 Å². The van der Waals surface area contributed by atoms with Gasteiger partial charge in [0.25, 0.3) is 0 Å². The van der Waals surface area contributed by atoms with Gasteiger partial charge in [0.1, 0.15) is 11.2 Å². The fourth-order valence-corrected chi connectivity index (χ4v) is 0.843. The van der Waals surface area contributed by atoms with Gasteiger partial charge >= 0.3 is 5.97 Å². The number of halogens is 1. The van der Waals surface area contributed by atoms with Crippen molar-refractivity contribution in [1.29, 1.82) is 5.26 Å². The molecule has 12 heavy (non-hydrogen) atoms. The third-order valence-electron chi connectivity index (χ3n) is 1.20. The predicted molar refractivity (Wildman–Crippen MR) is 40.9 cm³/mol. The summed E-state index contributed by atoms with van der Waals surface area (Å²) in [6, 6.07) is 2.94. The summed E-state index contributed by atoms with van der Waals surface area (Å²) in [6.45, 7) is 0. The Morgan fingerprint density at radius 1 is 1.75 bits per heavy atom. The van der Waals surface area contributed by atoms with Crippen LogP contribution in [-0.2, 0) is 0 Å². The molecule has 0 unspecified atom stereocenters. The summed E-state index contributed by atoms with van der Waals surface area (Å²) in [5.74, 6) is -1.19. The maximum Gasteiger partial charge on any atom is 0.338 e. The van der Waals surface area contributed by atoms with E-state index in [0.29, 0.717) is 0 Å². The molecule has 5 heteroatoms. The lowest BCUT2D eigenvalue weighted by Crippen LogP contribution is -1.99. The molecule has 1 N–H and O–H groups in total. The van der Waals surface area contributed by atoms with Crippen molar-refractivity contribution in [1.82, 2.24) is 4.98 Å². The summed E-state index contributed by atoms with van der Waals surface area (Å²) in [4.78, 5) is 14.0. The van der Waals surface area contributed by atoms with Gasteiger partial charge < -0.3 is 5.11 Å². The topological polar surface area (TPSA) is 74.0 Å². The van der Waals surface area contributed by atoms with Gasteiger partial charge in [0.2, 0.25) is 0 Å². The zero-order chi connectivity index (χ0) is 9.14. The standard InChI is InChI=1S/C7H3ClN2O2/c8-6-5(7(11)12)1-4(2-9)3-10-6/h1,3H,(H,11,12). The first kappa shape index (κ1) is 8.50. The Morgan fingerprint density at radius 3 is 2.92 bits per heavy atom. The average Bonchev–Trinajstić information content (AvgIpc) is 2.05. The van der Waals surface area contributed by atoms with Crippen LogP contribution < -0.4 is 0 Å². The molecule has 0 aliphatic carbocycles. The number of hydrogen-bond acceptors (Lipinski definition) is 3. The fourth-order valence-electron chi connectivity index (χ4n) is 0.659. The Bertz CT molecular complexity index is 370. The molecule has 0 fully saturated rings. The summed E-state index contributed by atoms with van der Waals surface area (Å²) in [7, 11) is 0. The lowest BCUT2D eigenvalue weighted by atomic mass is 10.2. The Labute approximate surface area is 73.0 Å². The Morgan fingerprint density at radius 2 is 2.42 bits per heavy atom. The minimum atomic E-state index is -1.19. The number of hydrogen-bond donors (Lipinski definition) is 1. The van der Waals surface area contributed by atoms with E-state index in [2.05, 4.69) is 4.98 Å². The molecule has 4 nitrogen and oxygen atoms in total. The molecule has 0 aliphatic rings. The number of aromatic nitrogens is 1. The molecule has 1 aromatic rings. The van der Waals surface area contributed by atoms with Crippen LogP contribution in [0.3, 0.4) is 0 Å². The zero-order valence-electron chi connectivity index (χ0n) is 5.78. The predicted octanol–water partition coefficient (Wildman–Crippen LogP) is 1.30. The molecule has 1 heterocycles. The first-order chi connectivity index (χ1) is 5.65. The number of aromatic carboxylic acids is 1. The second-order valence-electron chi connectivity index (χ2n) is 1.98. The SMILES string of the molecule is N#Cc1cnc(Cl)c(C(=O)O)c1. The van der Waals surface area contributed by atoms with Crippen LogP contribution in [0.5, 0.6) is 0 Å². The van der Waals surface area contributed by atoms with E-state index in [1.165, 1.54) is 12.3 Å². The molecule has 0 spiro atoms. The third-order valence-corrected chi connectivity index (χ3v) is 1.50. The van der Waals surface area contributed by atoms with Crippen molar-refractivity contribution in [3.8, 4) is 6.07 Å². The molecule has 0 aliphatic heterocycles. The van der Waals surface area contributed by atoms with Crippen LogP contribution in [0.1, 0.15) is 15.9 Å². The van der Waals surface area contributed by atoms with Gasteiger partial charge in [0.05, 0.1) is 11.1 Å². The minimum Gasteiger partial charge on any atom is -0.478 e. The molecule has 0 saturated carbocycles. The molecule has 0 atom stereocenters. The van der Waals surface area contributed by atoms with Crippen molar-refractivity contribution in [2.45, 2.75) is 0 Å². The van der Waals surface area contributed by atoms with Crippen molar-refractivity contribution in [3.63, 3.8) is 0 Å². The maximum absolute atomic E-state index is 10.5. The van der Waals surface area contributed by atoms with E-state index in [1.54, 1.807) is 6.07 Å². The van der Waals surface area contributed by atoms with E-state index in [4.69, 9.17) is 22.0 Å².